The molecule has 182 valence electrons. The fourth-order valence-corrected chi connectivity index (χ4v) is 5.36. The Morgan fingerprint density at radius 3 is 2.62 bits per heavy atom. The maximum absolute atomic E-state index is 11.8. The molecule has 4 N–H and O–H groups in total. The van der Waals surface area contributed by atoms with Gasteiger partial charge in [-0.1, -0.05) is 39.1 Å². The Balaban J connectivity index is 1.86. The number of rotatable bonds is 10. The minimum Gasteiger partial charge on any atom is -0.506 e. The molecule has 0 atom stereocenters. The van der Waals surface area contributed by atoms with Crippen LogP contribution < -0.4 is 15.6 Å². The number of imidazole rings is 1. The first-order chi connectivity index (χ1) is 16.2. The zero-order valence-corrected chi connectivity index (χ0v) is 23.4. The van der Waals surface area contributed by atoms with Crippen LogP contribution in [0.1, 0.15) is 37.1 Å². The zero-order valence-electron chi connectivity index (χ0n) is 18.8. The molecule has 2 aromatic carbocycles. The number of nitrogens with two attached hydrogens (primary N) is 1. The number of nitrogens with zero attached hydrogens (tertiary/aromatic N) is 2. The number of carbonyl (C=O) groups is 1. The number of hydrogen-bond donors (Lipinski definition) is 3. The molecular formula is C24H27Br2Cl2N4O2+. The van der Waals surface area contributed by atoms with Gasteiger partial charge in [0.1, 0.15) is 5.75 Å². The zero-order chi connectivity index (χ0) is 24.8. The second kappa shape index (κ2) is 12.4. The summed E-state index contributed by atoms with van der Waals surface area (Å²) in [5.41, 5.74) is 8.02. The van der Waals surface area contributed by atoms with Gasteiger partial charge in [0.25, 0.3) is 5.82 Å². The van der Waals surface area contributed by atoms with Gasteiger partial charge in [0, 0.05) is 47.8 Å². The molecule has 10 heteroatoms. The molecule has 0 unspecified atom stereocenters. The lowest BCUT2D eigenvalue weighted by Crippen LogP contribution is -2.31. The number of halogens is 4. The average Bonchev–Trinajstić information content (AvgIpc) is 3.04. The van der Waals surface area contributed by atoms with E-state index in [1.54, 1.807) is 6.07 Å². The number of nitrogens with one attached hydrogen (secondary N) is 1. The van der Waals surface area contributed by atoms with Crippen LogP contribution in [-0.2, 0) is 18.4 Å². The first-order valence-corrected chi connectivity index (χ1v) is 13.3. The van der Waals surface area contributed by atoms with E-state index in [-0.39, 0.29) is 11.7 Å². The monoisotopic (exact) mass is 631 g/mol. The summed E-state index contributed by atoms with van der Waals surface area (Å²) >= 11 is 19.5. The van der Waals surface area contributed by atoms with Crippen molar-refractivity contribution in [1.82, 2.24) is 9.88 Å². The van der Waals surface area contributed by atoms with E-state index in [1.807, 2.05) is 37.4 Å². The Morgan fingerprint density at radius 2 is 1.88 bits per heavy atom. The summed E-state index contributed by atoms with van der Waals surface area (Å²) in [4.78, 5) is 11.8. The second-order valence-corrected chi connectivity index (χ2v) is 10.5. The topological polar surface area (TPSA) is 84.2 Å². The van der Waals surface area contributed by atoms with Crippen molar-refractivity contribution in [3.8, 4) is 5.75 Å². The molecule has 0 bridgehead atoms. The summed E-state index contributed by atoms with van der Waals surface area (Å²) in [6, 6.07) is 7.39. The van der Waals surface area contributed by atoms with Gasteiger partial charge >= 0.3 is 0 Å². The van der Waals surface area contributed by atoms with Crippen molar-refractivity contribution in [2.45, 2.75) is 32.2 Å². The molecule has 0 aliphatic rings. The minimum absolute atomic E-state index is 0.0355. The van der Waals surface area contributed by atoms with E-state index < -0.39 is 0 Å². The van der Waals surface area contributed by atoms with Crippen LogP contribution in [0.3, 0.4) is 0 Å². The molecule has 3 aromatic rings. The number of phenols is 1. The summed E-state index contributed by atoms with van der Waals surface area (Å²) in [6.07, 6.45) is 6.94. The van der Waals surface area contributed by atoms with Gasteiger partial charge in [-0.05, 0) is 53.4 Å². The Morgan fingerprint density at radius 1 is 1.15 bits per heavy atom. The first kappa shape index (κ1) is 27.0. The van der Waals surface area contributed by atoms with Crippen molar-refractivity contribution < 1.29 is 14.5 Å². The maximum Gasteiger partial charge on any atom is 0.282 e. The van der Waals surface area contributed by atoms with Crippen molar-refractivity contribution >= 4 is 84.2 Å². The third-order valence-corrected chi connectivity index (χ3v) is 7.30. The number of aromatic hydroxyl groups is 1. The number of fused-ring (bicyclic) bond motifs is 1. The SMILES string of the molecule is C[n+]1c(/C=C/c2cc(Br)cc(Br)c2O)n(CCCCCC(=O)NCCN)c2cc(Cl)c(Cl)cc21. The summed E-state index contributed by atoms with van der Waals surface area (Å²) < 4.78 is 5.71. The van der Waals surface area contributed by atoms with Crippen molar-refractivity contribution in [2.24, 2.45) is 12.8 Å². The molecule has 1 amide bonds. The highest BCUT2D eigenvalue weighted by molar-refractivity contribution is 9.11. The van der Waals surface area contributed by atoms with Crippen molar-refractivity contribution in [1.29, 1.82) is 0 Å². The van der Waals surface area contributed by atoms with E-state index >= 15 is 0 Å². The normalized spacial score (nSPS) is 11.6. The number of hydrogen-bond acceptors (Lipinski definition) is 3. The highest BCUT2D eigenvalue weighted by Gasteiger charge is 2.22. The Hall–Kier alpha value is -1.58. The van der Waals surface area contributed by atoms with Crippen LogP contribution in [0.5, 0.6) is 5.75 Å². The number of amides is 1. The number of carbonyl (C=O) groups excluding carboxylic acids is 1. The number of aromatic nitrogens is 2. The Labute approximate surface area is 226 Å². The Kier molecular flexibility index (Phi) is 9.85. The number of phenolic OH excluding ortho intramolecular Hbond substituents is 1. The summed E-state index contributed by atoms with van der Waals surface area (Å²) in [5, 5.41) is 14.2. The van der Waals surface area contributed by atoms with Crippen LogP contribution in [0, 0.1) is 0 Å². The lowest BCUT2D eigenvalue weighted by molar-refractivity contribution is -0.647. The molecule has 6 nitrogen and oxygen atoms in total. The quantitative estimate of drug-likeness (QED) is 0.195. The van der Waals surface area contributed by atoms with E-state index in [4.69, 9.17) is 28.9 Å². The highest BCUT2D eigenvalue weighted by atomic mass is 79.9. The van der Waals surface area contributed by atoms with Crippen LogP contribution >= 0.6 is 55.1 Å². The van der Waals surface area contributed by atoms with Gasteiger partial charge in [-0.25, -0.2) is 9.13 Å². The van der Waals surface area contributed by atoms with Gasteiger partial charge in [0.15, 0.2) is 11.0 Å². The predicted octanol–water partition coefficient (Wildman–Crippen LogP) is 5.81. The third-order valence-electron chi connectivity index (χ3n) is 5.51. The first-order valence-electron chi connectivity index (χ1n) is 10.9. The molecule has 0 radical (unpaired) electrons. The van der Waals surface area contributed by atoms with Gasteiger partial charge in [0.05, 0.1) is 28.1 Å². The van der Waals surface area contributed by atoms with E-state index in [2.05, 4.69) is 46.3 Å². The highest BCUT2D eigenvalue weighted by Crippen LogP contribution is 2.33. The van der Waals surface area contributed by atoms with Crippen molar-refractivity contribution in [3.05, 3.63) is 54.6 Å². The minimum atomic E-state index is 0.0355. The van der Waals surface area contributed by atoms with E-state index in [0.29, 0.717) is 39.6 Å². The van der Waals surface area contributed by atoms with E-state index in [0.717, 1.165) is 47.1 Å². The molecule has 0 aliphatic heterocycles. The molecule has 1 heterocycles. The summed E-state index contributed by atoms with van der Waals surface area (Å²) in [7, 11) is 1.97. The van der Waals surface area contributed by atoms with Gasteiger partial charge in [-0.2, -0.15) is 0 Å². The van der Waals surface area contributed by atoms with Gasteiger partial charge < -0.3 is 16.2 Å². The van der Waals surface area contributed by atoms with Crippen LogP contribution in [0.4, 0.5) is 0 Å². The predicted molar refractivity (Wildman–Crippen MR) is 146 cm³/mol. The Bertz CT molecular complexity index is 1230. The standard InChI is InChI=1S/C24H26Br2Cl2N4O2/c1-31-20-13-18(27)19(28)14-21(20)32(10-4-2-3-5-22(33)30-9-8-29)23(31)7-6-15-11-16(25)12-17(26)24(15)34/h6-7,11-14H,2-5,8-10,29H2,1H3,(H,30,33)/p+1. The fraction of sp³-hybridized carbons (Fsp3) is 0.333. The van der Waals surface area contributed by atoms with Crippen LogP contribution in [0.25, 0.3) is 23.2 Å². The van der Waals surface area contributed by atoms with Gasteiger partial charge in [-0.15, -0.1) is 0 Å². The number of aryl methyl sites for hydroxylation is 2. The van der Waals surface area contributed by atoms with Crippen LogP contribution in [0.15, 0.2) is 33.2 Å². The molecule has 1 aromatic heterocycles. The van der Waals surface area contributed by atoms with Gasteiger partial charge in [-0.3, -0.25) is 4.79 Å². The smallest absolute Gasteiger partial charge is 0.282 e. The summed E-state index contributed by atoms with van der Waals surface area (Å²) in [6.45, 7) is 1.70. The molecule has 0 spiro atoms. The lowest BCUT2D eigenvalue weighted by atomic mass is 10.1. The average molecular weight is 634 g/mol. The molecule has 0 saturated heterocycles. The molecule has 3 rings (SSSR count). The number of unbranched alkanes of at least 4 members (excludes halogenated alkanes) is 2. The largest absolute Gasteiger partial charge is 0.506 e. The lowest BCUT2D eigenvalue weighted by Gasteiger charge is -2.05. The van der Waals surface area contributed by atoms with Crippen molar-refractivity contribution in [2.75, 3.05) is 13.1 Å². The van der Waals surface area contributed by atoms with E-state index in [9.17, 15) is 9.90 Å². The molecule has 34 heavy (non-hydrogen) atoms. The molecular weight excluding hydrogens is 607 g/mol. The molecule has 0 saturated carbocycles. The third kappa shape index (κ3) is 6.55. The van der Waals surface area contributed by atoms with Crippen LogP contribution in [-0.4, -0.2) is 28.7 Å². The van der Waals surface area contributed by atoms with Crippen molar-refractivity contribution in [3.63, 3.8) is 0 Å². The van der Waals surface area contributed by atoms with Gasteiger partial charge in [0.2, 0.25) is 5.91 Å². The fourth-order valence-electron chi connectivity index (χ4n) is 3.78. The molecule has 0 aliphatic carbocycles. The second-order valence-electron chi connectivity index (χ2n) is 7.93. The number of benzene rings is 2. The molecule has 0 fully saturated rings. The summed E-state index contributed by atoms with van der Waals surface area (Å²) in [5.74, 6) is 1.14. The van der Waals surface area contributed by atoms with E-state index in [1.165, 1.54) is 0 Å². The maximum atomic E-state index is 11.8. The van der Waals surface area contributed by atoms with Crippen LogP contribution in [0.2, 0.25) is 10.0 Å².